The van der Waals surface area contributed by atoms with Crippen LogP contribution >= 0.6 is 32.4 Å². The fourth-order valence-electron chi connectivity index (χ4n) is 1.41. The van der Waals surface area contributed by atoms with Gasteiger partial charge in [-0.3, -0.25) is 0 Å². The highest BCUT2D eigenvalue weighted by Gasteiger charge is 2.08. The maximum Gasteiger partial charge on any atom is 0.0676 e. The van der Waals surface area contributed by atoms with Gasteiger partial charge in [-0.15, -0.1) is 9.24 Å². The molecule has 0 saturated carbocycles. The predicted molar refractivity (Wildman–Crippen MR) is 71.2 cm³/mol. The average Bonchev–Trinajstić information content (AvgIpc) is 2.27. The van der Waals surface area contributed by atoms with Gasteiger partial charge in [0.25, 0.3) is 0 Å². The number of hydrogen-bond donors (Lipinski definition) is 0. The molecule has 76 valence electrons. The number of rotatable bonds is 1. The van der Waals surface area contributed by atoms with Gasteiger partial charge < -0.3 is 0 Å². The Labute approximate surface area is 101 Å². The van der Waals surface area contributed by atoms with E-state index in [2.05, 4.69) is 9.24 Å². The fraction of sp³-hybridized carbons (Fsp3) is 0. The summed E-state index contributed by atoms with van der Waals surface area (Å²) >= 11 is 12.3. The highest BCUT2D eigenvalue weighted by atomic mass is 35.5. The standard InChI is InChI=1S/C12H9Cl2P/c13-11-9(6-7-10(15)12(11)14)8-4-2-1-3-5-8/h1-7H,15H2. The van der Waals surface area contributed by atoms with Crippen molar-refractivity contribution in [3.63, 3.8) is 0 Å². The zero-order chi connectivity index (χ0) is 10.8. The summed E-state index contributed by atoms with van der Waals surface area (Å²) in [6.07, 6.45) is 0. The van der Waals surface area contributed by atoms with E-state index in [1.807, 2.05) is 42.5 Å². The van der Waals surface area contributed by atoms with Gasteiger partial charge in [0.15, 0.2) is 0 Å². The molecule has 2 aromatic carbocycles. The third-order valence-electron chi connectivity index (χ3n) is 2.20. The molecule has 0 fully saturated rings. The van der Waals surface area contributed by atoms with E-state index in [0.717, 1.165) is 16.4 Å². The first-order valence-electron chi connectivity index (χ1n) is 4.49. The van der Waals surface area contributed by atoms with Crippen molar-refractivity contribution in [2.45, 2.75) is 0 Å². The van der Waals surface area contributed by atoms with Gasteiger partial charge in [-0.05, 0) is 10.9 Å². The summed E-state index contributed by atoms with van der Waals surface area (Å²) in [5, 5.41) is 2.12. The van der Waals surface area contributed by atoms with Crippen molar-refractivity contribution in [3.05, 3.63) is 52.5 Å². The minimum atomic E-state index is 0.600. The van der Waals surface area contributed by atoms with Crippen LogP contribution in [-0.4, -0.2) is 0 Å². The van der Waals surface area contributed by atoms with Crippen molar-refractivity contribution < 1.29 is 0 Å². The molecule has 1 atom stereocenters. The third kappa shape index (κ3) is 2.18. The second-order valence-corrected chi connectivity index (χ2v) is 4.57. The van der Waals surface area contributed by atoms with Crippen LogP contribution in [0.4, 0.5) is 0 Å². The van der Waals surface area contributed by atoms with Gasteiger partial charge in [-0.1, -0.05) is 65.7 Å². The Morgan fingerprint density at radius 1 is 0.800 bits per heavy atom. The van der Waals surface area contributed by atoms with Gasteiger partial charge in [-0.2, -0.15) is 0 Å². The Kier molecular flexibility index (Phi) is 3.31. The number of hydrogen-bond acceptors (Lipinski definition) is 0. The number of halogens is 2. The van der Waals surface area contributed by atoms with E-state index in [4.69, 9.17) is 23.2 Å². The molecule has 2 aromatic rings. The topological polar surface area (TPSA) is 0 Å². The second-order valence-electron chi connectivity index (χ2n) is 3.20. The van der Waals surface area contributed by atoms with E-state index < -0.39 is 0 Å². The van der Waals surface area contributed by atoms with Gasteiger partial charge in [0.1, 0.15) is 0 Å². The Bertz CT molecular complexity index is 480. The van der Waals surface area contributed by atoms with E-state index in [1.54, 1.807) is 0 Å². The van der Waals surface area contributed by atoms with Crippen molar-refractivity contribution in [2.75, 3.05) is 0 Å². The van der Waals surface area contributed by atoms with Crippen LogP contribution in [0.3, 0.4) is 0 Å². The van der Waals surface area contributed by atoms with Crippen LogP contribution in [0.25, 0.3) is 11.1 Å². The summed E-state index contributed by atoms with van der Waals surface area (Å²) in [6.45, 7) is 0. The highest BCUT2D eigenvalue weighted by Crippen LogP contribution is 2.32. The normalized spacial score (nSPS) is 10.3. The molecule has 3 heteroatoms. The smallest absolute Gasteiger partial charge is 0.0676 e. The van der Waals surface area contributed by atoms with Gasteiger partial charge in [0, 0.05) is 5.56 Å². The Balaban J connectivity index is 2.60. The molecule has 0 heterocycles. The molecule has 0 bridgehead atoms. The molecule has 15 heavy (non-hydrogen) atoms. The van der Waals surface area contributed by atoms with E-state index in [1.165, 1.54) is 0 Å². The molecular formula is C12H9Cl2P. The molecule has 0 aliphatic heterocycles. The monoisotopic (exact) mass is 254 g/mol. The van der Waals surface area contributed by atoms with Gasteiger partial charge in [0.2, 0.25) is 0 Å². The van der Waals surface area contributed by atoms with Crippen LogP contribution in [0.15, 0.2) is 42.5 Å². The zero-order valence-corrected chi connectivity index (χ0v) is 10.5. The lowest BCUT2D eigenvalue weighted by Crippen LogP contribution is -1.94. The van der Waals surface area contributed by atoms with Crippen molar-refractivity contribution in [1.29, 1.82) is 0 Å². The molecular weight excluding hydrogens is 246 g/mol. The first kappa shape index (κ1) is 11.0. The van der Waals surface area contributed by atoms with Crippen LogP contribution < -0.4 is 5.30 Å². The largest absolute Gasteiger partial charge is 0.104 e. The summed E-state index contributed by atoms with van der Waals surface area (Å²) < 4.78 is 0. The van der Waals surface area contributed by atoms with E-state index in [0.29, 0.717) is 10.0 Å². The molecule has 1 unspecified atom stereocenters. The molecule has 0 aromatic heterocycles. The summed E-state index contributed by atoms with van der Waals surface area (Å²) in [6, 6.07) is 13.9. The van der Waals surface area contributed by atoms with Crippen molar-refractivity contribution in [2.24, 2.45) is 0 Å². The molecule has 0 radical (unpaired) electrons. The summed E-state index contributed by atoms with van der Waals surface area (Å²) in [4.78, 5) is 0. The van der Waals surface area contributed by atoms with Gasteiger partial charge >= 0.3 is 0 Å². The van der Waals surface area contributed by atoms with Crippen LogP contribution in [0.2, 0.25) is 10.0 Å². The zero-order valence-electron chi connectivity index (χ0n) is 7.87. The van der Waals surface area contributed by atoms with Crippen LogP contribution in [-0.2, 0) is 0 Å². The van der Waals surface area contributed by atoms with E-state index in [9.17, 15) is 0 Å². The maximum atomic E-state index is 6.19. The summed E-state index contributed by atoms with van der Waals surface area (Å²) in [7, 11) is 2.56. The first-order valence-corrected chi connectivity index (χ1v) is 5.82. The highest BCUT2D eigenvalue weighted by molar-refractivity contribution is 7.28. The first-order chi connectivity index (χ1) is 7.20. The lowest BCUT2D eigenvalue weighted by molar-refractivity contribution is 1.64. The maximum absolute atomic E-state index is 6.19. The fourth-order valence-corrected chi connectivity index (χ4v) is 2.18. The molecule has 0 nitrogen and oxygen atoms in total. The van der Waals surface area contributed by atoms with Crippen LogP contribution in [0, 0.1) is 0 Å². The summed E-state index contributed by atoms with van der Waals surface area (Å²) in [5.74, 6) is 0. The van der Waals surface area contributed by atoms with Crippen molar-refractivity contribution in [1.82, 2.24) is 0 Å². The van der Waals surface area contributed by atoms with Crippen LogP contribution in [0.1, 0.15) is 0 Å². The minimum Gasteiger partial charge on any atom is -0.104 e. The molecule has 0 saturated heterocycles. The van der Waals surface area contributed by atoms with Crippen LogP contribution in [0.5, 0.6) is 0 Å². The van der Waals surface area contributed by atoms with Gasteiger partial charge in [-0.25, -0.2) is 0 Å². The Hall–Kier alpha value is -0.550. The van der Waals surface area contributed by atoms with Gasteiger partial charge in [0.05, 0.1) is 10.0 Å². The van der Waals surface area contributed by atoms with E-state index in [-0.39, 0.29) is 0 Å². The van der Waals surface area contributed by atoms with Crippen molar-refractivity contribution >= 4 is 37.7 Å². The lowest BCUT2D eigenvalue weighted by atomic mass is 10.1. The predicted octanol–water partition coefficient (Wildman–Crippen LogP) is 4.16. The molecule has 0 aliphatic carbocycles. The molecule has 0 N–H and O–H groups in total. The Morgan fingerprint density at radius 2 is 1.47 bits per heavy atom. The summed E-state index contributed by atoms with van der Waals surface area (Å²) in [5.41, 5.74) is 2.04. The molecule has 0 aliphatic rings. The van der Waals surface area contributed by atoms with E-state index >= 15 is 0 Å². The Morgan fingerprint density at radius 3 is 2.13 bits per heavy atom. The van der Waals surface area contributed by atoms with Crippen molar-refractivity contribution in [3.8, 4) is 11.1 Å². The quantitative estimate of drug-likeness (QED) is 0.671. The lowest BCUT2D eigenvalue weighted by Gasteiger charge is -2.07. The molecule has 2 rings (SSSR count). The average molecular weight is 255 g/mol. The minimum absolute atomic E-state index is 0.600. The molecule has 0 amide bonds. The third-order valence-corrected chi connectivity index (χ3v) is 3.76. The second kappa shape index (κ2) is 4.53. The molecule has 0 spiro atoms. The SMILES string of the molecule is Pc1ccc(-c2ccccc2)c(Cl)c1Cl. The number of benzene rings is 2.